The first kappa shape index (κ1) is 12.8. The molecule has 3 aromatic rings. The van der Waals surface area contributed by atoms with Crippen molar-refractivity contribution >= 4 is 15.9 Å². The largest absolute Gasteiger partial charge is 0.507 e. The zero-order chi connectivity index (χ0) is 14.1. The van der Waals surface area contributed by atoms with Gasteiger partial charge >= 0.3 is 0 Å². The Kier molecular flexibility index (Phi) is 3.23. The third-order valence-corrected chi connectivity index (χ3v) is 3.39. The summed E-state index contributed by atoms with van der Waals surface area (Å²) in [5.74, 6) is 0.411. The van der Waals surface area contributed by atoms with Crippen molar-refractivity contribution in [2.45, 2.75) is 0 Å². The van der Waals surface area contributed by atoms with Gasteiger partial charge in [0.05, 0.1) is 4.47 Å². The minimum atomic E-state index is -0.324. The summed E-state index contributed by atoms with van der Waals surface area (Å²) in [5, 5.41) is 13.5. The Morgan fingerprint density at radius 2 is 1.75 bits per heavy atom. The van der Waals surface area contributed by atoms with Crippen molar-refractivity contribution < 1.29 is 14.0 Å². The molecule has 6 heteroatoms. The molecule has 0 aliphatic heterocycles. The lowest BCUT2D eigenvalue weighted by Crippen LogP contribution is -1.82. The topological polar surface area (TPSA) is 59.2 Å². The van der Waals surface area contributed by atoms with Crippen LogP contribution in [0, 0.1) is 5.82 Å². The van der Waals surface area contributed by atoms with E-state index in [1.54, 1.807) is 24.3 Å². The van der Waals surface area contributed by atoms with E-state index in [1.807, 2.05) is 0 Å². The summed E-state index contributed by atoms with van der Waals surface area (Å²) in [4.78, 5) is 4.22. The zero-order valence-corrected chi connectivity index (χ0v) is 11.6. The molecule has 0 amide bonds. The highest BCUT2D eigenvalue weighted by molar-refractivity contribution is 9.10. The number of hydrogen-bond acceptors (Lipinski definition) is 4. The van der Waals surface area contributed by atoms with Crippen molar-refractivity contribution in [3.8, 4) is 28.6 Å². The van der Waals surface area contributed by atoms with Crippen LogP contribution in [-0.4, -0.2) is 15.2 Å². The van der Waals surface area contributed by atoms with Gasteiger partial charge in [-0.15, -0.1) is 0 Å². The quantitative estimate of drug-likeness (QED) is 0.769. The minimum Gasteiger partial charge on any atom is -0.507 e. The van der Waals surface area contributed by atoms with Gasteiger partial charge in [0.2, 0.25) is 5.82 Å². The van der Waals surface area contributed by atoms with Crippen LogP contribution in [0.3, 0.4) is 0 Å². The molecule has 2 aromatic carbocycles. The van der Waals surface area contributed by atoms with Crippen molar-refractivity contribution in [2.24, 2.45) is 0 Å². The Labute approximate surface area is 122 Å². The Morgan fingerprint density at radius 1 is 1.05 bits per heavy atom. The van der Waals surface area contributed by atoms with Gasteiger partial charge in [-0.3, -0.25) is 0 Å². The molecule has 1 aromatic heterocycles. The van der Waals surface area contributed by atoms with Crippen LogP contribution >= 0.6 is 15.9 Å². The molecule has 0 fully saturated rings. The molecule has 0 atom stereocenters. The zero-order valence-electron chi connectivity index (χ0n) is 10.0. The number of halogens is 2. The summed E-state index contributed by atoms with van der Waals surface area (Å²) in [7, 11) is 0. The monoisotopic (exact) mass is 334 g/mol. The van der Waals surface area contributed by atoms with E-state index in [4.69, 9.17) is 4.52 Å². The lowest BCUT2D eigenvalue weighted by atomic mass is 10.2. The van der Waals surface area contributed by atoms with Crippen LogP contribution in [0.1, 0.15) is 0 Å². The maximum atomic E-state index is 12.9. The number of aromatic hydroxyl groups is 1. The minimum absolute atomic E-state index is 0.0871. The van der Waals surface area contributed by atoms with Crippen molar-refractivity contribution in [1.82, 2.24) is 10.1 Å². The van der Waals surface area contributed by atoms with Crippen LogP contribution < -0.4 is 0 Å². The lowest BCUT2D eigenvalue weighted by molar-refractivity contribution is 0.431. The lowest BCUT2D eigenvalue weighted by Gasteiger charge is -1.98. The van der Waals surface area contributed by atoms with E-state index in [9.17, 15) is 9.50 Å². The molecule has 0 aliphatic carbocycles. The predicted molar refractivity (Wildman–Crippen MR) is 74.5 cm³/mol. The Hall–Kier alpha value is -2.21. The van der Waals surface area contributed by atoms with E-state index in [0.29, 0.717) is 21.4 Å². The SMILES string of the molecule is Oc1cc(-c2nc(-c3ccc(F)cc3)no2)ccc1Br. The molecule has 3 rings (SSSR count). The van der Waals surface area contributed by atoms with Crippen LogP contribution in [0.4, 0.5) is 4.39 Å². The molecule has 0 bridgehead atoms. The fraction of sp³-hybridized carbons (Fsp3) is 0. The maximum Gasteiger partial charge on any atom is 0.258 e. The molecular formula is C14H8BrFN2O2. The number of hydrogen-bond donors (Lipinski definition) is 1. The Balaban J connectivity index is 1.97. The first-order chi connectivity index (χ1) is 9.63. The molecule has 0 spiro atoms. The molecule has 4 nitrogen and oxygen atoms in total. The van der Waals surface area contributed by atoms with Gasteiger partial charge in [-0.05, 0) is 58.4 Å². The summed E-state index contributed by atoms with van der Waals surface area (Å²) < 4.78 is 18.6. The van der Waals surface area contributed by atoms with E-state index in [1.165, 1.54) is 18.2 Å². The molecule has 20 heavy (non-hydrogen) atoms. The molecule has 0 aliphatic rings. The van der Waals surface area contributed by atoms with E-state index in [-0.39, 0.29) is 17.5 Å². The molecule has 0 saturated carbocycles. The van der Waals surface area contributed by atoms with Crippen molar-refractivity contribution in [3.63, 3.8) is 0 Å². The van der Waals surface area contributed by atoms with E-state index in [0.717, 1.165) is 0 Å². The normalized spacial score (nSPS) is 10.7. The molecular weight excluding hydrogens is 327 g/mol. The summed E-state index contributed by atoms with van der Waals surface area (Å²) in [6.07, 6.45) is 0. The van der Waals surface area contributed by atoms with Gasteiger partial charge in [0.15, 0.2) is 0 Å². The second-order valence-electron chi connectivity index (χ2n) is 4.10. The average molecular weight is 335 g/mol. The van der Waals surface area contributed by atoms with Crippen molar-refractivity contribution in [3.05, 3.63) is 52.8 Å². The summed E-state index contributed by atoms with van der Waals surface area (Å²) in [5.41, 5.74) is 1.26. The highest BCUT2D eigenvalue weighted by atomic mass is 79.9. The van der Waals surface area contributed by atoms with Crippen LogP contribution in [-0.2, 0) is 0 Å². The van der Waals surface area contributed by atoms with E-state index >= 15 is 0 Å². The molecule has 1 N–H and O–H groups in total. The third kappa shape index (κ3) is 2.42. The van der Waals surface area contributed by atoms with Crippen LogP contribution in [0.25, 0.3) is 22.8 Å². The van der Waals surface area contributed by atoms with Crippen LogP contribution in [0.5, 0.6) is 5.75 Å². The molecule has 0 saturated heterocycles. The molecule has 100 valence electrons. The number of rotatable bonds is 2. The van der Waals surface area contributed by atoms with Gasteiger partial charge in [0, 0.05) is 11.1 Å². The second kappa shape index (κ2) is 5.05. The number of phenolic OH excluding ortho intramolecular Hbond substituents is 1. The van der Waals surface area contributed by atoms with E-state index < -0.39 is 0 Å². The summed E-state index contributed by atoms with van der Waals surface area (Å²) in [6.45, 7) is 0. The first-order valence-electron chi connectivity index (χ1n) is 5.72. The van der Waals surface area contributed by atoms with Gasteiger partial charge in [-0.25, -0.2) is 4.39 Å². The van der Waals surface area contributed by atoms with Gasteiger partial charge in [0.25, 0.3) is 5.89 Å². The fourth-order valence-corrected chi connectivity index (χ4v) is 1.95. The standard InChI is InChI=1S/C14H8BrFN2O2/c15-11-6-3-9(7-12(11)19)14-17-13(18-20-14)8-1-4-10(16)5-2-8/h1-7,19H. The summed E-state index contributed by atoms with van der Waals surface area (Å²) in [6, 6.07) is 10.8. The number of nitrogens with zero attached hydrogens (tertiary/aromatic N) is 2. The highest BCUT2D eigenvalue weighted by Gasteiger charge is 2.12. The second-order valence-corrected chi connectivity index (χ2v) is 4.95. The van der Waals surface area contributed by atoms with Crippen LogP contribution in [0.15, 0.2) is 51.5 Å². The third-order valence-electron chi connectivity index (χ3n) is 2.72. The Bertz CT molecular complexity index is 756. The summed E-state index contributed by atoms with van der Waals surface area (Å²) >= 11 is 3.20. The maximum absolute atomic E-state index is 12.9. The van der Waals surface area contributed by atoms with Gasteiger partial charge < -0.3 is 9.63 Å². The molecule has 0 radical (unpaired) electrons. The van der Waals surface area contributed by atoms with Crippen molar-refractivity contribution in [1.29, 1.82) is 0 Å². The Morgan fingerprint density at radius 3 is 2.45 bits per heavy atom. The number of aromatic nitrogens is 2. The highest BCUT2D eigenvalue weighted by Crippen LogP contribution is 2.30. The first-order valence-corrected chi connectivity index (χ1v) is 6.51. The van der Waals surface area contributed by atoms with Gasteiger partial charge in [-0.2, -0.15) is 4.98 Å². The van der Waals surface area contributed by atoms with E-state index in [2.05, 4.69) is 26.1 Å². The smallest absolute Gasteiger partial charge is 0.258 e. The predicted octanol–water partition coefficient (Wildman–Crippen LogP) is 4.01. The fourth-order valence-electron chi connectivity index (χ4n) is 1.70. The van der Waals surface area contributed by atoms with Crippen molar-refractivity contribution in [2.75, 3.05) is 0 Å². The van der Waals surface area contributed by atoms with Crippen LogP contribution in [0.2, 0.25) is 0 Å². The number of phenols is 1. The van der Waals surface area contributed by atoms with Gasteiger partial charge in [-0.1, -0.05) is 5.16 Å². The van der Waals surface area contributed by atoms with Gasteiger partial charge in [0.1, 0.15) is 11.6 Å². The average Bonchev–Trinajstić information content (AvgIpc) is 2.92. The number of benzene rings is 2. The molecule has 1 heterocycles. The molecule has 0 unspecified atom stereocenters.